The average molecular weight is 279 g/mol. The molecule has 1 N–H and O–H groups in total. The van der Waals surface area contributed by atoms with Crippen LogP contribution in [0.15, 0.2) is 42.5 Å². The molecule has 110 valence electrons. The maximum atomic E-state index is 3.81. The molecule has 3 atom stereocenters. The predicted octanol–water partition coefficient (Wildman–Crippen LogP) is 5.61. The van der Waals surface area contributed by atoms with Gasteiger partial charge in [0.2, 0.25) is 0 Å². The van der Waals surface area contributed by atoms with E-state index in [-0.39, 0.29) is 0 Å². The lowest BCUT2D eigenvalue weighted by molar-refractivity contribution is 0.162. The van der Waals surface area contributed by atoms with Crippen LogP contribution in [0.4, 0.5) is 5.69 Å². The summed E-state index contributed by atoms with van der Waals surface area (Å²) in [5.41, 5.74) is 1.30. The van der Waals surface area contributed by atoms with E-state index in [0.29, 0.717) is 6.04 Å². The summed E-state index contributed by atoms with van der Waals surface area (Å²) < 4.78 is 0. The van der Waals surface area contributed by atoms with Crippen LogP contribution < -0.4 is 5.32 Å². The van der Waals surface area contributed by atoms with Crippen molar-refractivity contribution in [3.63, 3.8) is 0 Å². The molecule has 4 rings (SSSR count). The van der Waals surface area contributed by atoms with Gasteiger partial charge in [0.05, 0.1) is 0 Å². The lowest BCUT2D eigenvalue weighted by Gasteiger charge is -2.39. The van der Waals surface area contributed by atoms with E-state index in [1.165, 1.54) is 61.4 Å². The molecule has 2 aromatic rings. The van der Waals surface area contributed by atoms with Crippen LogP contribution >= 0.6 is 0 Å². The Morgan fingerprint density at radius 3 is 2.48 bits per heavy atom. The van der Waals surface area contributed by atoms with Gasteiger partial charge >= 0.3 is 0 Å². The Balaban J connectivity index is 1.47. The van der Waals surface area contributed by atoms with Gasteiger partial charge in [-0.15, -0.1) is 0 Å². The lowest BCUT2D eigenvalue weighted by atomic mass is 9.69. The molecule has 21 heavy (non-hydrogen) atoms. The van der Waals surface area contributed by atoms with Crippen molar-refractivity contribution >= 4 is 16.5 Å². The van der Waals surface area contributed by atoms with Crippen molar-refractivity contribution in [2.75, 3.05) is 5.32 Å². The third-order valence-corrected chi connectivity index (χ3v) is 5.66. The minimum absolute atomic E-state index is 0.686. The van der Waals surface area contributed by atoms with Crippen molar-refractivity contribution in [2.45, 2.75) is 51.0 Å². The summed E-state index contributed by atoms with van der Waals surface area (Å²) in [7, 11) is 0. The van der Waals surface area contributed by atoms with Crippen molar-refractivity contribution < 1.29 is 0 Å². The summed E-state index contributed by atoms with van der Waals surface area (Å²) >= 11 is 0. The summed E-state index contributed by atoms with van der Waals surface area (Å²) in [5.74, 6) is 2.03. The molecular formula is C20H25N. The zero-order valence-electron chi connectivity index (χ0n) is 12.7. The summed E-state index contributed by atoms with van der Waals surface area (Å²) in [4.78, 5) is 0. The third kappa shape index (κ3) is 2.79. The first-order chi connectivity index (χ1) is 10.4. The van der Waals surface area contributed by atoms with Gasteiger partial charge in [-0.2, -0.15) is 0 Å². The zero-order valence-corrected chi connectivity index (χ0v) is 12.7. The van der Waals surface area contributed by atoms with Crippen LogP contribution in [-0.2, 0) is 0 Å². The van der Waals surface area contributed by atoms with Crippen molar-refractivity contribution in [3.8, 4) is 0 Å². The maximum Gasteiger partial charge on any atom is 0.0348 e. The summed E-state index contributed by atoms with van der Waals surface area (Å²) in [6.07, 6.45) is 10.1. The fraction of sp³-hybridized carbons (Fsp3) is 0.500. The molecule has 2 aliphatic rings. The number of hydrogen-bond donors (Lipinski definition) is 1. The van der Waals surface area contributed by atoms with Crippen LogP contribution in [0.1, 0.15) is 44.9 Å². The van der Waals surface area contributed by atoms with Crippen molar-refractivity contribution in [2.24, 2.45) is 11.8 Å². The Kier molecular flexibility index (Phi) is 3.58. The quantitative estimate of drug-likeness (QED) is 0.753. The maximum absolute atomic E-state index is 3.81. The van der Waals surface area contributed by atoms with Gasteiger partial charge in [-0.05, 0) is 54.0 Å². The van der Waals surface area contributed by atoms with Gasteiger partial charge in [0, 0.05) is 11.7 Å². The highest BCUT2D eigenvalue weighted by atomic mass is 14.9. The smallest absolute Gasteiger partial charge is 0.0348 e. The molecule has 0 radical (unpaired) electrons. The molecule has 0 saturated heterocycles. The second-order valence-corrected chi connectivity index (χ2v) is 7.02. The fourth-order valence-corrected chi connectivity index (χ4v) is 4.52. The van der Waals surface area contributed by atoms with Gasteiger partial charge < -0.3 is 5.32 Å². The molecule has 0 amide bonds. The molecular weight excluding hydrogens is 254 g/mol. The third-order valence-electron chi connectivity index (χ3n) is 5.66. The summed E-state index contributed by atoms with van der Waals surface area (Å²) in [5, 5.41) is 6.48. The van der Waals surface area contributed by atoms with Gasteiger partial charge in [-0.3, -0.25) is 0 Å². The molecule has 0 aliphatic heterocycles. The fourth-order valence-electron chi connectivity index (χ4n) is 4.52. The van der Waals surface area contributed by atoms with Crippen LogP contribution in [0.25, 0.3) is 10.8 Å². The van der Waals surface area contributed by atoms with E-state index in [4.69, 9.17) is 0 Å². The molecule has 0 bridgehead atoms. The van der Waals surface area contributed by atoms with Crippen LogP contribution in [0.3, 0.4) is 0 Å². The molecule has 2 saturated carbocycles. The van der Waals surface area contributed by atoms with E-state index in [2.05, 4.69) is 47.8 Å². The van der Waals surface area contributed by atoms with E-state index < -0.39 is 0 Å². The predicted molar refractivity (Wildman–Crippen MR) is 90.7 cm³/mol. The molecule has 3 unspecified atom stereocenters. The lowest BCUT2D eigenvalue weighted by Crippen LogP contribution is -2.34. The number of anilines is 1. The second kappa shape index (κ2) is 5.71. The van der Waals surface area contributed by atoms with E-state index in [1.807, 2.05) is 0 Å². The molecule has 1 heteroatoms. The van der Waals surface area contributed by atoms with E-state index in [9.17, 15) is 0 Å². The van der Waals surface area contributed by atoms with Crippen molar-refractivity contribution in [3.05, 3.63) is 42.5 Å². The first-order valence-electron chi connectivity index (χ1n) is 8.64. The standard InChI is InChI=1S/C20H25N/c1-3-7-17-13-19(11-9-15(17)5-1)21-20-12-10-16-6-2-4-8-18(16)14-20/h1,3,5,7,9,11,13,16,18,20-21H,2,4,6,8,10,12,14H2. The van der Waals surface area contributed by atoms with Gasteiger partial charge in [0.1, 0.15) is 0 Å². The molecule has 0 aromatic heterocycles. The SMILES string of the molecule is c1ccc2cc(NC3CCC4CCCCC4C3)ccc2c1. The number of benzene rings is 2. The Morgan fingerprint density at radius 1 is 0.762 bits per heavy atom. The Labute approximate surface area is 127 Å². The highest BCUT2D eigenvalue weighted by molar-refractivity contribution is 5.85. The Bertz CT molecular complexity index is 618. The molecule has 0 heterocycles. The van der Waals surface area contributed by atoms with Crippen LogP contribution in [0, 0.1) is 11.8 Å². The minimum atomic E-state index is 0.686. The molecule has 0 spiro atoms. The average Bonchev–Trinajstić information content (AvgIpc) is 2.55. The highest BCUT2D eigenvalue weighted by Crippen LogP contribution is 2.41. The second-order valence-electron chi connectivity index (χ2n) is 7.02. The molecule has 2 aromatic carbocycles. The summed E-state index contributed by atoms with van der Waals surface area (Å²) in [6, 6.07) is 16.1. The summed E-state index contributed by atoms with van der Waals surface area (Å²) in [6.45, 7) is 0. The largest absolute Gasteiger partial charge is 0.382 e. The number of nitrogens with one attached hydrogen (secondary N) is 1. The van der Waals surface area contributed by atoms with Gasteiger partial charge in [-0.25, -0.2) is 0 Å². The monoisotopic (exact) mass is 279 g/mol. The Hall–Kier alpha value is -1.50. The number of hydrogen-bond acceptors (Lipinski definition) is 1. The topological polar surface area (TPSA) is 12.0 Å². The molecule has 2 fully saturated rings. The van der Waals surface area contributed by atoms with Crippen LogP contribution in [0.5, 0.6) is 0 Å². The first-order valence-corrected chi connectivity index (χ1v) is 8.64. The van der Waals surface area contributed by atoms with Crippen LogP contribution in [0.2, 0.25) is 0 Å². The molecule has 2 aliphatic carbocycles. The van der Waals surface area contributed by atoms with Crippen LogP contribution in [-0.4, -0.2) is 6.04 Å². The number of fused-ring (bicyclic) bond motifs is 2. The van der Waals surface area contributed by atoms with Gasteiger partial charge in [0.25, 0.3) is 0 Å². The zero-order chi connectivity index (χ0) is 14.1. The van der Waals surface area contributed by atoms with Crippen molar-refractivity contribution in [1.29, 1.82) is 0 Å². The van der Waals surface area contributed by atoms with E-state index in [1.54, 1.807) is 0 Å². The van der Waals surface area contributed by atoms with E-state index >= 15 is 0 Å². The molecule has 1 nitrogen and oxygen atoms in total. The minimum Gasteiger partial charge on any atom is -0.382 e. The van der Waals surface area contributed by atoms with Gasteiger partial charge in [-0.1, -0.05) is 56.0 Å². The van der Waals surface area contributed by atoms with Crippen molar-refractivity contribution in [1.82, 2.24) is 0 Å². The van der Waals surface area contributed by atoms with E-state index in [0.717, 1.165) is 11.8 Å². The van der Waals surface area contributed by atoms with Gasteiger partial charge in [0.15, 0.2) is 0 Å². The normalized spacial score (nSPS) is 29.0. The Morgan fingerprint density at radius 2 is 1.57 bits per heavy atom. The highest BCUT2D eigenvalue weighted by Gasteiger charge is 2.31. The first kappa shape index (κ1) is 13.2. The number of rotatable bonds is 2.